The van der Waals surface area contributed by atoms with Crippen LogP contribution in [-0.4, -0.2) is 67.7 Å². The number of guanidine groups is 1. The van der Waals surface area contributed by atoms with Crippen molar-refractivity contribution in [3.8, 4) is 0 Å². The topological polar surface area (TPSA) is 53.2 Å². The van der Waals surface area contributed by atoms with Crippen molar-refractivity contribution < 1.29 is 9.15 Å². The maximum absolute atomic E-state index is 6.12. The summed E-state index contributed by atoms with van der Waals surface area (Å²) in [6.07, 6.45) is 6.05. The molecule has 4 fully saturated rings. The van der Waals surface area contributed by atoms with Crippen molar-refractivity contribution in [3.63, 3.8) is 0 Å². The van der Waals surface area contributed by atoms with Gasteiger partial charge in [-0.15, -0.1) is 24.0 Å². The van der Waals surface area contributed by atoms with Crippen molar-refractivity contribution >= 4 is 29.9 Å². The normalized spacial score (nSPS) is 33.2. The molecule has 0 spiro atoms. The number of nitrogens with one attached hydrogen (secondary N) is 1. The molecule has 5 heterocycles. The number of nitrogens with zero attached hydrogens (tertiary/aromatic N) is 3. The Kier molecular flexibility index (Phi) is 6.23. The average molecular weight is 500 g/mol. The molecule has 1 aromatic rings. The van der Waals surface area contributed by atoms with Gasteiger partial charge in [-0.1, -0.05) is 0 Å². The summed E-state index contributed by atoms with van der Waals surface area (Å²) in [6, 6.07) is 4.49. The highest BCUT2D eigenvalue weighted by atomic mass is 127. The zero-order chi connectivity index (χ0) is 18.4. The van der Waals surface area contributed by atoms with E-state index >= 15 is 0 Å². The predicted octanol–water partition coefficient (Wildman–Crippen LogP) is 3.03. The van der Waals surface area contributed by atoms with Crippen LogP contribution in [0.5, 0.6) is 0 Å². The Bertz CT molecular complexity index is 684. The molecule has 6 nitrogen and oxygen atoms in total. The number of hydrogen-bond donors (Lipinski definition) is 1. The van der Waals surface area contributed by atoms with E-state index in [1.165, 1.54) is 25.7 Å². The molecular weight excluding hydrogens is 467 g/mol. The lowest BCUT2D eigenvalue weighted by molar-refractivity contribution is 0.0766. The van der Waals surface area contributed by atoms with Gasteiger partial charge in [0.15, 0.2) is 5.96 Å². The third kappa shape index (κ3) is 3.69. The summed E-state index contributed by atoms with van der Waals surface area (Å²) in [5, 5.41) is 3.67. The van der Waals surface area contributed by atoms with E-state index in [4.69, 9.17) is 9.15 Å². The zero-order valence-corrected chi connectivity index (χ0v) is 19.3. The molecule has 5 unspecified atom stereocenters. The van der Waals surface area contributed by atoms with Crippen molar-refractivity contribution in [2.45, 2.75) is 50.9 Å². The second kappa shape index (κ2) is 8.52. The van der Waals surface area contributed by atoms with E-state index in [1.807, 2.05) is 14.0 Å². The van der Waals surface area contributed by atoms with Crippen molar-refractivity contribution in [1.82, 2.24) is 15.1 Å². The summed E-state index contributed by atoms with van der Waals surface area (Å²) in [7, 11) is 1.91. The predicted molar refractivity (Wildman–Crippen MR) is 120 cm³/mol. The van der Waals surface area contributed by atoms with Crippen molar-refractivity contribution in [2.24, 2.45) is 16.8 Å². The molecule has 0 aliphatic carbocycles. The molecule has 0 radical (unpaired) electrons. The number of ether oxygens (including phenoxy) is 1. The third-order valence-electron chi connectivity index (χ3n) is 7.09. The number of likely N-dealkylation sites (tertiary alicyclic amines) is 2. The van der Waals surface area contributed by atoms with Crippen LogP contribution < -0.4 is 5.32 Å². The van der Waals surface area contributed by atoms with E-state index in [1.54, 1.807) is 0 Å². The van der Waals surface area contributed by atoms with Gasteiger partial charge in [-0.3, -0.25) is 9.89 Å². The first-order valence-corrected chi connectivity index (χ1v) is 10.6. The van der Waals surface area contributed by atoms with Gasteiger partial charge in [0.2, 0.25) is 0 Å². The molecule has 0 amide bonds. The van der Waals surface area contributed by atoms with Crippen LogP contribution in [0, 0.1) is 18.8 Å². The van der Waals surface area contributed by atoms with Crippen molar-refractivity contribution in [1.29, 1.82) is 0 Å². The van der Waals surface area contributed by atoms with Crippen molar-refractivity contribution in [2.75, 3.05) is 39.8 Å². The van der Waals surface area contributed by atoms with Gasteiger partial charge in [-0.2, -0.15) is 0 Å². The summed E-state index contributed by atoms with van der Waals surface area (Å²) in [4.78, 5) is 9.61. The number of halogens is 1. The minimum absolute atomic E-state index is 0. The Labute approximate surface area is 185 Å². The van der Waals surface area contributed by atoms with E-state index in [0.717, 1.165) is 50.2 Å². The van der Waals surface area contributed by atoms with E-state index in [0.29, 0.717) is 24.0 Å². The number of hydrogen-bond acceptors (Lipinski definition) is 4. The van der Waals surface area contributed by atoms with Crippen LogP contribution in [0.3, 0.4) is 0 Å². The highest BCUT2D eigenvalue weighted by Crippen LogP contribution is 2.47. The minimum atomic E-state index is 0. The minimum Gasteiger partial charge on any atom is -0.465 e. The molecule has 5 rings (SSSR count). The van der Waals surface area contributed by atoms with E-state index in [-0.39, 0.29) is 30.0 Å². The highest BCUT2D eigenvalue weighted by molar-refractivity contribution is 14.0. The summed E-state index contributed by atoms with van der Waals surface area (Å²) in [5.41, 5.74) is 0. The largest absolute Gasteiger partial charge is 0.465 e. The number of aliphatic imine (C=N–C) groups is 1. The van der Waals surface area contributed by atoms with E-state index in [2.05, 4.69) is 32.2 Å². The SMILES string of the molecule is CN=C(NCC(c1ccc(C)o1)N1CCCC1)N1CC2C3CCC(O3)C2C1.I. The van der Waals surface area contributed by atoms with E-state index < -0.39 is 0 Å². The molecule has 2 bridgehead atoms. The van der Waals surface area contributed by atoms with Crippen LogP contribution in [-0.2, 0) is 4.74 Å². The molecule has 0 aromatic carbocycles. The van der Waals surface area contributed by atoms with Crippen LogP contribution in [0.25, 0.3) is 0 Å². The average Bonchev–Trinajstić information content (AvgIpc) is 3.47. The Morgan fingerprint density at radius 3 is 2.43 bits per heavy atom. The van der Waals surface area contributed by atoms with Crippen LogP contribution >= 0.6 is 24.0 Å². The fraction of sp³-hybridized carbons (Fsp3) is 0.762. The lowest BCUT2D eigenvalue weighted by atomic mass is 9.82. The standard InChI is InChI=1S/C21H32N4O2.HI/c1-14-5-6-20(26-14)17(24-9-3-4-10-24)11-23-21(22-2)25-12-15-16(13-25)19-8-7-18(15)27-19;/h5-6,15-19H,3-4,7-13H2,1-2H3,(H,22,23);1H. The molecule has 7 heteroatoms. The molecule has 4 aliphatic rings. The summed E-state index contributed by atoms with van der Waals surface area (Å²) < 4.78 is 12.1. The van der Waals surface area contributed by atoms with Gasteiger partial charge in [0.1, 0.15) is 11.5 Å². The second-order valence-corrected chi connectivity index (χ2v) is 8.66. The number of furan rings is 1. The van der Waals surface area contributed by atoms with Gasteiger partial charge in [-0.25, -0.2) is 0 Å². The van der Waals surface area contributed by atoms with Gasteiger partial charge >= 0.3 is 0 Å². The first-order valence-electron chi connectivity index (χ1n) is 10.6. The van der Waals surface area contributed by atoms with E-state index in [9.17, 15) is 0 Å². The van der Waals surface area contributed by atoms with Gasteiger partial charge < -0.3 is 19.4 Å². The Morgan fingerprint density at radius 2 is 1.86 bits per heavy atom. The Hall–Kier alpha value is -0.800. The van der Waals surface area contributed by atoms with Crippen LogP contribution in [0.1, 0.15) is 43.2 Å². The van der Waals surface area contributed by atoms with Crippen LogP contribution in [0.15, 0.2) is 21.5 Å². The molecule has 4 saturated heterocycles. The molecule has 1 aromatic heterocycles. The molecule has 28 heavy (non-hydrogen) atoms. The third-order valence-corrected chi connectivity index (χ3v) is 7.09. The van der Waals surface area contributed by atoms with Gasteiger partial charge in [0, 0.05) is 38.5 Å². The van der Waals surface area contributed by atoms with Gasteiger partial charge in [0.05, 0.1) is 18.2 Å². The van der Waals surface area contributed by atoms with Crippen LogP contribution in [0.2, 0.25) is 0 Å². The van der Waals surface area contributed by atoms with Gasteiger partial charge in [0.25, 0.3) is 0 Å². The molecule has 156 valence electrons. The maximum Gasteiger partial charge on any atom is 0.193 e. The zero-order valence-electron chi connectivity index (χ0n) is 17.0. The Morgan fingerprint density at radius 1 is 1.18 bits per heavy atom. The summed E-state index contributed by atoms with van der Waals surface area (Å²) >= 11 is 0. The van der Waals surface area contributed by atoms with Gasteiger partial charge in [-0.05, 0) is 57.8 Å². The number of aryl methyl sites for hydroxylation is 1. The molecule has 5 atom stereocenters. The lowest BCUT2D eigenvalue weighted by Crippen LogP contribution is -2.45. The summed E-state index contributed by atoms with van der Waals surface area (Å²) in [6.45, 7) is 7.34. The molecular formula is C21H33IN4O2. The quantitative estimate of drug-likeness (QED) is 0.392. The monoisotopic (exact) mass is 500 g/mol. The van der Waals surface area contributed by atoms with Crippen molar-refractivity contribution in [3.05, 3.63) is 23.7 Å². The smallest absolute Gasteiger partial charge is 0.193 e. The van der Waals surface area contributed by atoms with Crippen LogP contribution in [0.4, 0.5) is 0 Å². The second-order valence-electron chi connectivity index (χ2n) is 8.66. The first kappa shape index (κ1) is 20.5. The fourth-order valence-electron chi connectivity index (χ4n) is 5.75. The number of rotatable bonds is 4. The maximum atomic E-state index is 6.12. The first-order chi connectivity index (χ1) is 13.2. The molecule has 1 N–H and O–H groups in total. The highest BCUT2D eigenvalue weighted by Gasteiger charge is 2.53. The fourth-order valence-corrected chi connectivity index (χ4v) is 5.75. The lowest BCUT2D eigenvalue weighted by Gasteiger charge is -2.29. The number of fused-ring (bicyclic) bond motifs is 5. The molecule has 0 saturated carbocycles. The molecule has 4 aliphatic heterocycles. The Balaban J connectivity index is 0.00000192. The summed E-state index contributed by atoms with van der Waals surface area (Å²) in [5.74, 6) is 4.49.